The fourth-order valence-corrected chi connectivity index (χ4v) is 33.3. The van der Waals surface area contributed by atoms with Crippen molar-refractivity contribution in [2.24, 2.45) is 0 Å². The highest BCUT2D eigenvalue weighted by Crippen LogP contribution is 2.51. The van der Waals surface area contributed by atoms with E-state index in [2.05, 4.69) is 172 Å². The molecule has 20 heteroatoms. The quantitative estimate of drug-likeness (QED) is 0.0500. The van der Waals surface area contributed by atoms with Crippen molar-refractivity contribution in [1.29, 1.82) is 0 Å². The van der Waals surface area contributed by atoms with Gasteiger partial charge in [0.25, 0.3) is 11.8 Å². The molecule has 2 fully saturated rings. The van der Waals surface area contributed by atoms with Gasteiger partial charge in [-0.2, -0.15) is 0 Å². The molecule has 2 aliphatic rings. The SMILES string of the molecule is CC(C)[Si](C#Cc1c2cc(-c3ccc(-c4ccc(-c5ncc(/C=C6\SC(=S)N(C)C6=O)s5)s4)s3)sc2c(C#C[Si](C(C)C)(C(C)C)C(C)C)c2cc(-c3ccc(-c4ccc(-c5ncc(/C=C6\SC(=S)NC6=O)s5)s4)s3)sc12)(C(C)C)C(C)C. The molecule has 0 bridgehead atoms. The van der Waals surface area contributed by atoms with E-state index in [1.807, 2.05) is 69.9 Å². The van der Waals surface area contributed by atoms with E-state index in [0.717, 1.165) is 40.7 Å². The van der Waals surface area contributed by atoms with E-state index in [0.29, 0.717) is 51.7 Å². The molecular weight excluding hydrogens is 1290 g/mol. The van der Waals surface area contributed by atoms with Crippen LogP contribution < -0.4 is 5.32 Å². The summed E-state index contributed by atoms with van der Waals surface area (Å²) < 4.78 is 3.50. The zero-order chi connectivity index (χ0) is 59.0. The number of amides is 2. The van der Waals surface area contributed by atoms with E-state index in [9.17, 15) is 9.59 Å². The van der Waals surface area contributed by atoms with Crippen molar-refractivity contribution in [3.05, 3.63) is 104 Å². The van der Waals surface area contributed by atoms with Crippen LogP contribution >= 0.6 is 139 Å². The van der Waals surface area contributed by atoms with E-state index < -0.39 is 16.1 Å². The molecule has 0 atom stereocenters. The van der Waals surface area contributed by atoms with Crippen molar-refractivity contribution in [2.45, 2.75) is 116 Å². The summed E-state index contributed by atoms with van der Waals surface area (Å²) in [5.74, 6) is 7.93. The van der Waals surface area contributed by atoms with E-state index in [-0.39, 0.29) is 11.8 Å². The van der Waals surface area contributed by atoms with E-state index in [1.165, 1.54) is 87.6 Å². The summed E-state index contributed by atoms with van der Waals surface area (Å²) in [4.78, 5) is 51.2. The number of thiocarbonyl (C=S) groups is 2. The van der Waals surface area contributed by atoms with Gasteiger partial charge in [0.1, 0.15) is 34.8 Å². The van der Waals surface area contributed by atoms with Gasteiger partial charge in [0.2, 0.25) is 0 Å². The number of nitrogens with one attached hydrogen (secondary N) is 1. The van der Waals surface area contributed by atoms with Gasteiger partial charge in [-0.15, -0.1) is 102 Å². The summed E-state index contributed by atoms with van der Waals surface area (Å²) >= 11 is 27.3. The van der Waals surface area contributed by atoms with E-state index in [1.54, 1.807) is 52.4 Å². The molecule has 0 radical (unpaired) electrons. The maximum atomic E-state index is 12.7. The second kappa shape index (κ2) is 24.3. The molecule has 0 saturated carbocycles. The highest BCUT2D eigenvalue weighted by atomic mass is 32.2. The van der Waals surface area contributed by atoms with Gasteiger partial charge in [0, 0.05) is 79.0 Å². The van der Waals surface area contributed by atoms with Gasteiger partial charge in [-0.25, -0.2) is 9.97 Å². The Hall–Kier alpha value is -3.95. The lowest BCUT2D eigenvalue weighted by atomic mass is 10.0. The Morgan fingerprint density at radius 1 is 0.494 bits per heavy atom. The molecule has 1 aromatic carbocycles. The zero-order valence-corrected chi connectivity index (χ0v) is 59.9. The molecule has 8 aromatic heterocycles. The number of hydrogen-bond donors (Lipinski definition) is 1. The lowest BCUT2D eigenvalue weighted by Gasteiger charge is -2.38. The van der Waals surface area contributed by atoms with Gasteiger partial charge in [0.15, 0.2) is 0 Å². The van der Waals surface area contributed by atoms with Crippen LogP contribution in [0.4, 0.5) is 0 Å². The molecule has 11 rings (SSSR count). The number of benzene rings is 1. The van der Waals surface area contributed by atoms with Gasteiger partial charge in [0.05, 0.1) is 40.1 Å². The van der Waals surface area contributed by atoms with E-state index in [4.69, 9.17) is 34.4 Å². The molecule has 6 nitrogen and oxygen atoms in total. The summed E-state index contributed by atoms with van der Waals surface area (Å²) in [6, 6.07) is 22.7. The highest BCUT2D eigenvalue weighted by molar-refractivity contribution is 8.27. The minimum Gasteiger partial charge on any atom is -0.307 e. The fourth-order valence-electron chi connectivity index (χ4n) is 12.0. The number of aromatic nitrogens is 2. The van der Waals surface area contributed by atoms with Gasteiger partial charge in [-0.3, -0.25) is 14.5 Å². The largest absolute Gasteiger partial charge is 0.307 e. The van der Waals surface area contributed by atoms with Crippen molar-refractivity contribution in [2.75, 3.05) is 7.05 Å². The first-order valence-corrected chi connectivity index (χ1v) is 40.9. The first-order valence-electron chi connectivity index (χ1n) is 27.4. The maximum Gasteiger partial charge on any atom is 0.265 e. The molecule has 424 valence electrons. The number of thioether (sulfide) groups is 2. The second-order valence-corrected chi connectivity index (χ2v) is 45.8. The molecule has 9 aromatic rings. The first kappa shape index (κ1) is 60.7. The predicted molar refractivity (Wildman–Crippen MR) is 386 cm³/mol. The van der Waals surface area contributed by atoms with Crippen LogP contribution in [0, 0.1) is 22.9 Å². The first-order chi connectivity index (χ1) is 39.6. The molecule has 1 N–H and O–H groups in total. The highest BCUT2D eigenvalue weighted by Gasteiger charge is 2.43. The third kappa shape index (κ3) is 11.5. The number of fused-ring (bicyclic) bond motifs is 2. The average Bonchev–Trinajstić information content (AvgIpc) is 3.39. The Labute approximate surface area is 540 Å². The van der Waals surface area contributed by atoms with Gasteiger partial charge < -0.3 is 5.32 Å². The van der Waals surface area contributed by atoms with Gasteiger partial charge >= 0.3 is 0 Å². The molecule has 2 saturated heterocycles. The number of likely N-dealkylation sites (N-methyl/N-ethyl adjacent to an activating group) is 1. The lowest BCUT2D eigenvalue weighted by Crippen LogP contribution is -2.43. The molecule has 0 unspecified atom stereocenters. The Morgan fingerprint density at radius 3 is 1.20 bits per heavy atom. The zero-order valence-electron chi connectivity index (χ0n) is 48.1. The van der Waals surface area contributed by atoms with Crippen molar-refractivity contribution >= 4 is 208 Å². The van der Waals surface area contributed by atoms with Crippen LogP contribution in [0.1, 0.15) is 104 Å². The average molecular weight is 1350 g/mol. The molecule has 83 heavy (non-hydrogen) atoms. The second-order valence-electron chi connectivity index (χ2n) is 22.6. The van der Waals surface area contributed by atoms with Crippen LogP contribution in [-0.4, -0.2) is 58.5 Å². The number of carbonyl (C=O) groups excluding carboxylic acids is 2. The van der Waals surface area contributed by atoms with Gasteiger partial charge in [-0.05, 0) is 106 Å². The molecular formula is C63H60N4O2S12Si2. The number of thiazole rings is 2. The van der Waals surface area contributed by atoms with Crippen LogP contribution in [0.5, 0.6) is 0 Å². The minimum atomic E-state index is -2.16. The van der Waals surface area contributed by atoms with Crippen LogP contribution in [-0.2, 0) is 9.59 Å². The fraction of sp³-hybridized carbons (Fsp3) is 0.302. The number of hydrogen-bond acceptors (Lipinski definition) is 16. The van der Waals surface area contributed by atoms with E-state index >= 15 is 0 Å². The standard InChI is InChI=1S/C63H60N4O2S12Si2/c1-32(2)82(33(3)4,34(5)6)24-22-40-42-28-52(48-16-14-44(74-48)46-18-20-50(76-46)59-64-30-38(72-59)26-54-58(68)66-62(70)80-54)78-56(42)41(23-25-83(35(7)8,36(9)10)37(11)12)43-29-53(79-57(40)43)49-17-15-45(75-49)47-19-21-51(77-47)60-65-31-39(73-60)27-55-61(69)67(13)63(71)81-55/h14-21,26-37H,1-13H3,(H,66,68,70)/b54-26-,55-27-. The Morgan fingerprint density at radius 2 is 0.855 bits per heavy atom. The van der Waals surface area contributed by atoms with Crippen molar-refractivity contribution in [1.82, 2.24) is 20.2 Å². The number of thiophene rings is 6. The predicted octanol–water partition coefficient (Wildman–Crippen LogP) is 21.7. The number of carbonyl (C=O) groups is 2. The molecule has 10 heterocycles. The molecule has 0 spiro atoms. The normalized spacial score (nSPS) is 15.4. The van der Waals surface area contributed by atoms with Crippen LogP contribution in [0.3, 0.4) is 0 Å². The smallest absolute Gasteiger partial charge is 0.265 e. The summed E-state index contributed by atoms with van der Waals surface area (Å²) in [6.07, 6.45) is 7.45. The number of rotatable bonds is 14. The topological polar surface area (TPSA) is 75.2 Å². The van der Waals surface area contributed by atoms with Crippen LogP contribution in [0.15, 0.2) is 82.9 Å². The number of nitrogens with zero attached hydrogens (tertiary/aromatic N) is 3. The maximum absolute atomic E-state index is 12.7. The summed E-state index contributed by atoms with van der Waals surface area (Å²) in [5.41, 5.74) is 13.6. The van der Waals surface area contributed by atoms with Crippen molar-refractivity contribution in [3.8, 4) is 81.7 Å². The van der Waals surface area contributed by atoms with Gasteiger partial charge in [-0.1, -0.05) is 143 Å². The summed E-state index contributed by atoms with van der Waals surface area (Å²) in [7, 11) is -2.59. The van der Waals surface area contributed by atoms with Crippen molar-refractivity contribution in [3.63, 3.8) is 0 Å². The van der Waals surface area contributed by atoms with Crippen LogP contribution in [0.2, 0.25) is 33.2 Å². The molecule has 2 amide bonds. The van der Waals surface area contributed by atoms with Crippen molar-refractivity contribution < 1.29 is 9.59 Å². The Bertz CT molecular complexity index is 4120. The lowest BCUT2D eigenvalue weighted by molar-refractivity contribution is -0.121. The third-order valence-corrected chi connectivity index (χ3v) is 40.9. The Balaban J connectivity index is 1.02. The van der Waals surface area contributed by atoms with Crippen LogP contribution in [0.25, 0.3) is 91.1 Å². The minimum absolute atomic E-state index is 0.0708. The summed E-state index contributed by atoms with van der Waals surface area (Å²) in [6.45, 7) is 28.9. The Kier molecular flexibility index (Phi) is 17.8. The summed E-state index contributed by atoms with van der Waals surface area (Å²) in [5, 5.41) is 6.97. The molecule has 0 aliphatic carbocycles. The molecule has 2 aliphatic heterocycles. The third-order valence-electron chi connectivity index (χ3n) is 16.0. The monoisotopic (exact) mass is 1340 g/mol.